The molecule has 0 spiro atoms. The van der Waals surface area contributed by atoms with Gasteiger partial charge in [0.25, 0.3) is 0 Å². The van der Waals surface area contributed by atoms with Crippen molar-refractivity contribution in [3.63, 3.8) is 0 Å². The Morgan fingerprint density at radius 3 is 2.68 bits per heavy atom. The summed E-state index contributed by atoms with van der Waals surface area (Å²) >= 11 is 1.41. The maximum absolute atomic E-state index is 12.5. The van der Waals surface area contributed by atoms with Crippen LogP contribution in [0.4, 0.5) is 0 Å². The van der Waals surface area contributed by atoms with Gasteiger partial charge in [-0.1, -0.05) is 48.5 Å². The fraction of sp³-hybridized carbons (Fsp3) is 0.381. The SMILES string of the molecule is CCn1c(SCC(=O)NCC2(c3ccccc3)CCC2)nnc1-c1ccco1. The Morgan fingerprint density at radius 1 is 1.21 bits per heavy atom. The largest absolute Gasteiger partial charge is 0.461 e. The number of aromatic nitrogens is 3. The molecule has 0 atom stereocenters. The normalized spacial score (nSPS) is 15.2. The first-order valence-corrected chi connectivity index (χ1v) is 10.6. The average molecular weight is 397 g/mol. The van der Waals surface area contributed by atoms with Crippen molar-refractivity contribution in [1.82, 2.24) is 20.1 Å². The molecule has 1 aromatic carbocycles. The van der Waals surface area contributed by atoms with E-state index in [0.29, 0.717) is 30.4 Å². The summed E-state index contributed by atoms with van der Waals surface area (Å²) < 4.78 is 7.39. The molecule has 1 N–H and O–H groups in total. The first kappa shape index (κ1) is 18.8. The number of nitrogens with zero attached hydrogens (tertiary/aromatic N) is 3. The van der Waals surface area contributed by atoms with E-state index in [9.17, 15) is 4.79 Å². The molecular weight excluding hydrogens is 372 g/mol. The first-order valence-electron chi connectivity index (χ1n) is 9.64. The van der Waals surface area contributed by atoms with E-state index < -0.39 is 0 Å². The standard InChI is InChI=1S/C21H24N4O2S/c1-2-25-19(17-10-6-13-27-17)23-24-20(25)28-14-18(26)22-15-21(11-7-12-21)16-8-4-3-5-9-16/h3-6,8-10,13H,2,7,11-12,14-15H2,1H3,(H,22,26). The number of benzene rings is 1. The van der Waals surface area contributed by atoms with Gasteiger partial charge in [-0.15, -0.1) is 10.2 Å². The van der Waals surface area contributed by atoms with Crippen LogP contribution in [0.15, 0.2) is 58.3 Å². The number of thioether (sulfide) groups is 1. The van der Waals surface area contributed by atoms with E-state index in [1.807, 2.05) is 29.7 Å². The topological polar surface area (TPSA) is 73.0 Å². The Hall–Kier alpha value is -2.54. The predicted molar refractivity (Wildman–Crippen MR) is 109 cm³/mol. The van der Waals surface area contributed by atoms with Crippen molar-refractivity contribution in [2.24, 2.45) is 0 Å². The molecule has 1 fully saturated rings. The van der Waals surface area contributed by atoms with Crippen molar-refractivity contribution < 1.29 is 9.21 Å². The maximum Gasteiger partial charge on any atom is 0.230 e. The zero-order valence-electron chi connectivity index (χ0n) is 15.9. The lowest BCUT2D eigenvalue weighted by molar-refractivity contribution is -0.119. The summed E-state index contributed by atoms with van der Waals surface area (Å²) in [7, 11) is 0. The molecule has 1 amide bonds. The highest BCUT2D eigenvalue weighted by atomic mass is 32.2. The Kier molecular flexibility index (Phi) is 5.52. The van der Waals surface area contributed by atoms with Gasteiger partial charge in [0.15, 0.2) is 16.7 Å². The molecule has 0 radical (unpaired) electrons. The predicted octanol–water partition coefficient (Wildman–Crippen LogP) is 3.89. The lowest BCUT2D eigenvalue weighted by Crippen LogP contribution is -2.46. The van der Waals surface area contributed by atoms with Crippen LogP contribution >= 0.6 is 11.8 Å². The second-order valence-electron chi connectivity index (χ2n) is 7.09. The number of rotatable bonds is 8. The van der Waals surface area contributed by atoms with E-state index in [1.165, 1.54) is 23.7 Å². The van der Waals surface area contributed by atoms with Crippen molar-refractivity contribution >= 4 is 17.7 Å². The van der Waals surface area contributed by atoms with Gasteiger partial charge in [0.05, 0.1) is 12.0 Å². The summed E-state index contributed by atoms with van der Waals surface area (Å²) in [6.07, 6.45) is 5.09. The molecule has 0 aliphatic heterocycles. The van der Waals surface area contributed by atoms with Gasteiger partial charge in [0.2, 0.25) is 5.91 Å². The highest BCUT2D eigenvalue weighted by Gasteiger charge is 2.38. The fourth-order valence-corrected chi connectivity index (χ4v) is 4.51. The van der Waals surface area contributed by atoms with Crippen molar-refractivity contribution in [2.75, 3.05) is 12.3 Å². The quantitative estimate of drug-likeness (QED) is 0.585. The maximum atomic E-state index is 12.5. The van der Waals surface area contributed by atoms with E-state index in [4.69, 9.17) is 4.42 Å². The van der Waals surface area contributed by atoms with Gasteiger partial charge in [-0.25, -0.2) is 0 Å². The minimum Gasteiger partial charge on any atom is -0.461 e. The molecule has 4 rings (SSSR count). The minimum absolute atomic E-state index is 0.0254. The molecule has 146 valence electrons. The first-order chi connectivity index (χ1) is 13.7. The van der Waals surface area contributed by atoms with Crippen molar-refractivity contribution in [3.05, 3.63) is 54.3 Å². The van der Waals surface area contributed by atoms with Gasteiger partial charge in [0, 0.05) is 18.5 Å². The Labute approximate surface area is 168 Å². The molecule has 0 saturated heterocycles. The molecule has 0 bridgehead atoms. The molecule has 1 aliphatic rings. The molecule has 0 unspecified atom stereocenters. The molecule has 28 heavy (non-hydrogen) atoms. The Bertz CT molecular complexity index is 917. The van der Waals surface area contributed by atoms with Crippen LogP contribution in [-0.4, -0.2) is 33.0 Å². The molecule has 2 heterocycles. The summed E-state index contributed by atoms with van der Waals surface area (Å²) in [5.41, 5.74) is 1.42. The average Bonchev–Trinajstić information content (AvgIpc) is 3.35. The second-order valence-corrected chi connectivity index (χ2v) is 8.04. The van der Waals surface area contributed by atoms with Crippen LogP contribution in [0.1, 0.15) is 31.7 Å². The number of hydrogen-bond acceptors (Lipinski definition) is 5. The molecule has 3 aromatic rings. The summed E-state index contributed by atoms with van der Waals surface area (Å²) in [6, 6.07) is 14.2. The molecule has 2 aromatic heterocycles. The highest BCUT2D eigenvalue weighted by Crippen LogP contribution is 2.43. The molecule has 1 saturated carbocycles. The van der Waals surface area contributed by atoms with Gasteiger partial charge in [-0.2, -0.15) is 0 Å². The monoisotopic (exact) mass is 396 g/mol. The smallest absolute Gasteiger partial charge is 0.230 e. The van der Waals surface area contributed by atoms with Gasteiger partial charge in [-0.3, -0.25) is 9.36 Å². The number of nitrogens with one attached hydrogen (secondary N) is 1. The zero-order valence-corrected chi connectivity index (χ0v) is 16.7. The van der Waals surface area contributed by atoms with Crippen LogP contribution in [0.25, 0.3) is 11.6 Å². The summed E-state index contributed by atoms with van der Waals surface area (Å²) in [4.78, 5) is 12.5. The molecule has 1 aliphatic carbocycles. The summed E-state index contributed by atoms with van der Waals surface area (Å²) in [5, 5.41) is 12.3. The van der Waals surface area contributed by atoms with Gasteiger partial charge in [0.1, 0.15) is 0 Å². The number of carbonyl (C=O) groups excluding carboxylic acids is 1. The third-order valence-electron chi connectivity index (χ3n) is 5.43. The van der Waals surface area contributed by atoms with Crippen LogP contribution in [0.2, 0.25) is 0 Å². The molecular formula is C21H24N4O2S. The van der Waals surface area contributed by atoms with Crippen molar-refractivity contribution in [3.8, 4) is 11.6 Å². The number of hydrogen-bond donors (Lipinski definition) is 1. The number of carbonyl (C=O) groups is 1. The molecule has 7 heteroatoms. The van der Waals surface area contributed by atoms with Crippen molar-refractivity contribution in [1.29, 1.82) is 0 Å². The summed E-state index contributed by atoms with van der Waals surface area (Å²) in [5.74, 6) is 1.71. The Balaban J connectivity index is 1.35. The van der Waals surface area contributed by atoms with E-state index in [2.05, 4.69) is 39.8 Å². The van der Waals surface area contributed by atoms with Crippen LogP contribution in [0.3, 0.4) is 0 Å². The number of amides is 1. The van der Waals surface area contributed by atoms with Crippen LogP contribution < -0.4 is 5.32 Å². The second kappa shape index (κ2) is 8.22. The van der Waals surface area contributed by atoms with Gasteiger partial charge in [-0.05, 0) is 37.5 Å². The highest BCUT2D eigenvalue weighted by molar-refractivity contribution is 7.99. The van der Waals surface area contributed by atoms with Gasteiger partial charge >= 0.3 is 0 Å². The van der Waals surface area contributed by atoms with E-state index >= 15 is 0 Å². The third kappa shape index (κ3) is 3.71. The van der Waals surface area contributed by atoms with Crippen molar-refractivity contribution in [2.45, 2.75) is 43.3 Å². The lowest BCUT2D eigenvalue weighted by Gasteiger charge is -2.42. The molecule has 6 nitrogen and oxygen atoms in total. The minimum atomic E-state index is 0.0254. The van der Waals surface area contributed by atoms with Crippen LogP contribution in [0.5, 0.6) is 0 Å². The fourth-order valence-electron chi connectivity index (χ4n) is 3.68. The van der Waals surface area contributed by atoms with Crippen LogP contribution in [0, 0.1) is 0 Å². The third-order valence-corrected chi connectivity index (χ3v) is 6.39. The lowest BCUT2D eigenvalue weighted by atomic mass is 9.64. The van der Waals surface area contributed by atoms with E-state index in [0.717, 1.165) is 18.0 Å². The number of furan rings is 1. The van der Waals surface area contributed by atoms with Crippen LogP contribution in [-0.2, 0) is 16.8 Å². The summed E-state index contributed by atoms with van der Waals surface area (Å²) in [6.45, 7) is 3.43. The van der Waals surface area contributed by atoms with Gasteiger partial charge < -0.3 is 9.73 Å². The van der Waals surface area contributed by atoms with E-state index in [-0.39, 0.29) is 11.3 Å². The van der Waals surface area contributed by atoms with E-state index in [1.54, 1.807) is 6.26 Å². The Morgan fingerprint density at radius 2 is 2.04 bits per heavy atom. The zero-order chi connectivity index (χ0) is 19.4.